The normalized spacial score (nSPS) is 13.8. The van der Waals surface area contributed by atoms with Crippen molar-refractivity contribution in [1.82, 2.24) is 4.72 Å². The monoisotopic (exact) mass is 291 g/mol. The summed E-state index contributed by atoms with van der Waals surface area (Å²) >= 11 is 0.906. The molecule has 0 fully saturated rings. The van der Waals surface area contributed by atoms with Crippen molar-refractivity contribution in [2.45, 2.75) is 25.7 Å². The Balaban J connectivity index is 2.77. The molecule has 1 heterocycles. The predicted molar refractivity (Wildman–Crippen MR) is 70.5 cm³/mol. The van der Waals surface area contributed by atoms with Crippen LogP contribution in [-0.2, 0) is 10.0 Å². The molecule has 1 aromatic rings. The van der Waals surface area contributed by atoms with Gasteiger partial charge < -0.3 is 5.11 Å². The van der Waals surface area contributed by atoms with Gasteiger partial charge >= 0.3 is 5.97 Å². The van der Waals surface area contributed by atoms with E-state index in [9.17, 15) is 13.2 Å². The van der Waals surface area contributed by atoms with E-state index >= 15 is 0 Å². The van der Waals surface area contributed by atoms with E-state index in [0.29, 0.717) is 12.5 Å². The zero-order chi connectivity index (χ0) is 13.9. The Labute approximate surface area is 111 Å². The van der Waals surface area contributed by atoms with Crippen LogP contribution in [0.4, 0.5) is 0 Å². The molecule has 0 saturated carbocycles. The summed E-state index contributed by atoms with van der Waals surface area (Å²) in [7, 11) is -3.60. The number of sulfonamides is 1. The fraction of sp³-hybridized carbons (Fsp3) is 0.545. The van der Waals surface area contributed by atoms with Gasteiger partial charge in [-0.3, -0.25) is 0 Å². The molecule has 0 aliphatic carbocycles. The summed E-state index contributed by atoms with van der Waals surface area (Å²) in [5, 5.41) is 10.1. The first-order chi connectivity index (χ1) is 8.24. The fourth-order valence-electron chi connectivity index (χ4n) is 1.13. The number of carboxylic acids is 1. The Morgan fingerprint density at radius 1 is 1.44 bits per heavy atom. The van der Waals surface area contributed by atoms with Gasteiger partial charge in [-0.15, -0.1) is 11.3 Å². The maximum Gasteiger partial charge on any atom is 0.345 e. The molecule has 1 aromatic heterocycles. The zero-order valence-electron chi connectivity index (χ0n) is 10.5. The summed E-state index contributed by atoms with van der Waals surface area (Å²) in [5.74, 6) is -0.515. The summed E-state index contributed by atoms with van der Waals surface area (Å²) in [4.78, 5) is 10.7. The second kappa shape index (κ2) is 5.81. The third-order valence-corrected chi connectivity index (χ3v) is 5.30. The number of carbonyl (C=O) groups is 1. The number of aromatic carboxylic acids is 1. The number of thiophene rings is 1. The SMILES string of the molecule is CC(C)C(C)CNS(=O)(=O)c1csc(C(=O)O)c1. The molecule has 0 radical (unpaired) electrons. The standard InChI is InChI=1S/C11H17NO4S2/c1-7(2)8(3)5-12-18(15,16)9-4-10(11(13)14)17-6-9/h4,6-8,12H,5H2,1-3H3,(H,13,14). The van der Waals surface area contributed by atoms with Gasteiger partial charge in [-0.2, -0.15) is 0 Å². The van der Waals surface area contributed by atoms with Crippen molar-refractivity contribution >= 4 is 27.3 Å². The number of nitrogens with one attached hydrogen (secondary N) is 1. The molecular weight excluding hydrogens is 274 g/mol. The molecule has 7 heteroatoms. The maximum atomic E-state index is 11.9. The van der Waals surface area contributed by atoms with Gasteiger partial charge in [0.1, 0.15) is 4.88 Å². The van der Waals surface area contributed by atoms with Gasteiger partial charge in [0.05, 0.1) is 4.90 Å². The van der Waals surface area contributed by atoms with Crippen molar-refractivity contribution in [3.8, 4) is 0 Å². The topological polar surface area (TPSA) is 83.5 Å². The Bertz CT molecular complexity index is 519. The van der Waals surface area contributed by atoms with Gasteiger partial charge in [0.25, 0.3) is 0 Å². The van der Waals surface area contributed by atoms with Crippen molar-refractivity contribution in [2.75, 3.05) is 6.54 Å². The molecule has 5 nitrogen and oxygen atoms in total. The molecular formula is C11H17NO4S2. The second-order valence-corrected chi connectivity index (χ2v) is 7.20. The molecule has 102 valence electrons. The highest BCUT2D eigenvalue weighted by Crippen LogP contribution is 2.19. The van der Waals surface area contributed by atoms with Crippen molar-refractivity contribution in [3.05, 3.63) is 16.3 Å². The van der Waals surface area contributed by atoms with Crippen LogP contribution in [-0.4, -0.2) is 26.0 Å². The summed E-state index contributed by atoms with van der Waals surface area (Å²) in [5.41, 5.74) is 0. The Morgan fingerprint density at radius 2 is 2.06 bits per heavy atom. The van der Waals surface area contributed by atoms with Gasteiger partial charge in [0.2, 0.25) is 10.0 Å². The Hall–Kier alpha value is -0.920. The number of rotatable bonds is 6. The van der Waals surface area contributed by atoms with E-state index in [1.165, 1.54) is 11.4 Å². The van der Waals surface area contributed by atoms with Crippen molar-refractivity contribution in [1.29, 1.82) is 0 Å². The minimum Gasteiger partial charge on any atom is -0.477 e. The van der Waals surface area contributed by atoms with Crippen LogP contribution < -0.4 is 4.72 Å². The van der Waals surface area contributed by atoms with E-state index in [-0.39, 0.29) is 15.7 Å². The van der Waals surface area contributed by atoms with Crippen LogP contribution in [0.25, 0.3) is 0 Å². The lowest BCUT2D eigenvalue weighted by molar-refractivity contribution is 0.0702. The van der Waals surface area contributed by atoms with Crippen molar-refractivity contribution < 1.29 is 18.3 Å². The molecule has 2 N–H and O–H groups in total. The largest absolute Gasteiger partial charge is 0.477 e. The van der Waals surface area contributed by atoms with Crippen LogP contribution in [0.3, 0.4) is 0 Å². The van der Waals surface area contributed by atoms with Gasteiger partial charge in [-0.1, -0.05) is 20.8 Å². The van der Waals surface area contributed by atoms with E-state index in [2.05, 4.69) is 4.72 Å². The highest BCUT2D eigenvalue weighted by atomic mass is 32.2. The third-order valence-electron chi connectivity index (χ3n) is 2.83. The van der Waals surface area contributed by atoms with E-state index < -0.39 is 16.0 Å². The van der Waals surface area contributed by atoms with Crippen LogP contribution in [0.1, 0.15) is 30.4 Å². The average molecular weight is 291 g/mol. The molecule has 0 spiro atoms. The quantitative estimate of drug-likeness (QED) is 0.840. The first-order valence-corrected chi connectivity index (χ1v) is 7.92. The molecule has 0 aliphatic heterocycles. The van der Waals surface area contributed by atoms with Crippen molar-refractivity contribution in [3.63, 3.8) is 0 Å². The lowest BCUT2D eigenvalue weighted by Crippen LogP contribution is -2.30. The molecule has 1 unspecified atom stereocenters. The first kappa shape index (κ1) is 15.1. The zero-order valence-corrected chi connectivity index (χ0v) is 12.1. The van der Waals surface area contributed by atoms with Crippen molar-refractivity contribution in [2.24, 2.45) is 11.8 Å². The predicted octanol–water partition coefficient (Wildman–Crippen LogP) is 2.02. The molecule has 0 saturated heterocycles. The minimum atomic E-state index is -3.60. The van der Waals surface area contributed by atoms with E-state index in [0.717, 1.165) is 11.3 Å². The summed E-state index contributed by atoms with van der Waals surface area (Å²) < 4.78 is 26.3. The number of hydrogen-bond acceptors (Lipinski definition) is 4. The highest BCUT2D eigenvalue weighted by molar-refractivity contribution is 7.89. The van der Waals surface area contributed by atoms with Crippen LogP contribution >= 0.6 is 11.3 Å². The number of carboxylic acid groups (broad SMARTS) is 1. The third kappa shape index (κ3) is 3.79. The molecule has 18 heavy (non-hydrogen) atoms. The van der Waals surface area contributed by atoms with Gasteiger partial charge in [-0.05, 0) is 17.9 Å². The lowest BCUT2D eigenvalue weighted by atomic mass is 9.99. The molecule has 0 aromatic carbocycles. The first-order valence-electron chi connectivity index (χ1n) is 5.55. The molecule has 0 bridgehead atoms. The molecule has 1 rings (SSSR count). The molecule has 1 atom stereocenters. The Kier molecular flexibility index (Phi) is 4.89. The van der Waals surface area contributed by atoms with Crippen LogP contribution in [0, 0.1) is 11.8 Å². The van der Waals surface area contributed by atoms with Gasteiger partial charge in [0, 0.05) is 11.9 Å². The smallest absolute Gasteiger partial charge is 0.345 e. The van der Waals surface area contributed by atoms with Crippen LogP contribution in [0.5, 0.6) is 0 Å². The summed E-state index contributed by atoms with van der Waals surface area (Å²) in [6, 6.07) is 1.18. The Morgan fingerprint density at radius 3 is 2.50 bits per heavy atom. The van der Waals surface area contributed by atoms with E-state index in [1.807, 2.05) is 20.8 Å². The highest BCUT2D eigenvalue weighted by Gasteiger charge is 2.19. The molecule has 0 aliphatic rings. The fourth-order valence-corrected chi connectivity index (χ4v) is 3.39. The van der Waals surface area contributed by atoms with E-state index in [4.69, 9.17) is 5.11 Å². The van der Waals surface area contributed by atoms with Crippen LogP contribution in [0.2, 0.25) is 0 Å². The van der Waals surface area contributed by atoms with Gasteiger partial charge in [0.15, 0.2) is 0 Å². The lowest BCUT2D eigenvalue weighted by Gasteiger charge is -2.15. The minimum absolute atomic E-state index is 0.0147. The summed E-state index contributed by atoms with van der Waals surface area (Å²) in [6.45, 7) is 6.35. The summed E-state index contributed by atoms with van der Waals surface area (Å²) in [6.07, 6.45) is 0. The van der Waals surface area contributed by atoms with Gasteiger partial charge in [-0.25, -0.2) is 17.9 Å². The second-order valence-electron chi connectivity index (χ2n) is 4.53. The van der Waals surface area contributed by atoms with Crippen LogP contribution in [0.15, 0.2) is 16.3 Å². The van der Waals surface area contributed by atoms with E-state index in [1.54, 1.807) is 0 Å². The maximum absolute atomic E-state index is 11.9. The molecule has 0 amide bonds. The number of hydrogen-bond donors (Lipinski definition) is 2. The average Bonchev–Trinajstić information content (AvgIpc) is 2.75.